The fraction of sp³-hybridized carbons (Fsp3) is 0.389. The molecule has 0 atom stereocenters. The summed E-state index contributed by atoms with van der Waals surface area (Å²) in [5, 5.41) is 13.3. The number of aromatic nitrogens is 2. The Morgan fingerprint density at radius 1 is 1.27 bits per heavy atom. The van der Waals surface area contributed by atoms with Crippen molar-refractivity contribution in [3.63, 3.8) is 0 Å². The van der Waals surface area contributed by atoms with Crippen molar-refractivity contribution in [2.24, 2.45) is 0 Å². The molecule has 0 spiro atoms. The number of hydrogen-bond acceptors (Lipinski definition) is 4. The van der Waals surface area contributed by atoms with Gasteiger partial charge in [-0.2, -0.15) is 5.10 Å². The molecule has 8 nitrogen and oxygen atoms in total. The smallest absolute Gasteiger partial charge is 0.414 e. The van der Waals surface area contributed by atoms with Gasteiger partial charge in [-0.1, -0.05) is 30.3 Å². The molecule has 1 aliphatic rings. The van der Waals surface area contributed by atoms with Gasteiger partial charge in [0.05, 0.1) is 17.9 Å². The van der Waals surface area contributed by atoms with Gasteiger partial charge in [-0.25, -0.2) is 9.59 Å². The number of hydrogen-bond donors (Lipinski definition) is 1. The molecule has 3 rings (SSSR count). The summed E-state index contributed by atoms with van der Waals surface area (Å²) in [7, 11) is 1.64. The second kappa shape index (κ2) is 7.90. The Morgan fingerprint density at radius 3 is 2.62 bits per heavy atom. The van der Waals surface area contributed by atoms with E-state index in [4.69, 9.17) is 9.84 Å². The summed E-state index contributed by atoms with van der Waals surface area (Å²) in [5.41, 5.74) is 1.57. The molecule has 0 unspecified atom stereocenters. The maximum atomic E-state index is 12.2. The lowest BCUT2D eigenvalue weighted by atomic mass is 10.1. The van der Waals surface area contributed by atoms with Gasteiger partial charge < -0.3 is 14.7 Å². The lowest BCUT2D eigenvalue weighted by Crippen LogP contribution is -2.38. The molecule has 2 aromatic rings. The Kier molecular flexibility index (Phi) is 5.40. The third-order valence-electron chi connectivity index (χ3n) is 4.56. The average Bonchev–Trinajstić information content (AvgIpc) is 3.16. The number of amides is 2. The number of piperidine rings is 1. The predicted molar refractivity (Wildman–Crippen MR) is 95.1 cm³/mol. The molecule has 0 aliphatic carbocycles. The van der Waals surface area contributed by atoms with Crippen molar-refractivity contribution in [2.75, 3.05) is 25.0 Å². The Hall–Kier alpha value is -3.03. The van der Waals surface area contributed by atoms with E-state index in [9.17, 15) is 9.59 Å². The van der Waals surface area contributed by atoms with Gasteiger partial charge in [0, 0.05) is 26.3 Å². The Balaban J connectivity index is 1.55. The summed E-state index contributed by atoms with van der Waals surface area (Å²) in [5.74, 6) is 0. The van der Waals surface area contributed by atoms with Crippen molar-refractivity contribution in [1.29, 1.82) is 0 Å². The van der Waals surface area contributed by atoms with Crippen molar-refractivity contribution >= 4 is 17.9 Å². The maximum absolute atomic E-state index is 12.2. The van der Waals surface area contributed by atoms with Crippen LogP contribution in [-0.2, 0) is 11.3 Å². The largest absolute Gasteiger partial charge is 0.465 e. The van der Waals surface area contributed by atoms with Gasteiger partial charge in [0.25, 0.3) is 0 Å². The summed E-state index contributed by atoms with van der Waals surface area (Å²) in [6.07, 6.45) is 3.49. The SMILES string of the molecule is CN(C(=O)OCc1ccccc1)c1cnn(C2CCN(C(=O)O)CC2)c1. The van der Waals surface area contributed by atoms with E-state index in [2.05, 4.69) is 5.10 Å². The molecule has 0 saturated carbocycles. The normalized spacial score (nSPS) is 14.9. The first kappa shape index (κ1) is 17.8. The van der Waals surface area contributed by atoms with E-state index in [0.717, 1.165) is 5.56 Å². The second-order valence-corrected chi connectivity index (χ2v) is 6.28. The summed E-state index contributed by atoms with van der Waals surface area (Å²) in [6, 6.07) is 9.63. The number of nitrogens with zero attached hydrogens (tertiary/aromatic N) is 4. The number of carbonyl (C=O) groups excluding carboxylic acids is 1. The number of carboxylic acid groups (broad SMARTS) is 1. The zero-order valence-electron chi connectivity index (χ0n) is 14.6. The van der Waals surface area contributed by atoms with Gasteiger partial charge in [0.2, 0.25) is 0 Å². The van der Waals surface area contributed by atoms with Gasteiger partial charge >= 0.3 is 12.2 Å². The minimum absolute atomic E-state index is 0.132. The molecular formula is C18H22N4O4. The van der Waals surface area contributed by atoms with Crippen molar-refractivity contribution in [1.82, 2.24) is 14.7 Å². The fourth-order valence-corrected chi connectivity index (χ4v) is 2.94. The molecule has 1 saturated heterocycles. The molecule has 2 amide bonds. The highest BCUT2D eigenvalue weighted by Crippen LogP contribution is 2.24. The van der Waals surface area contributed by atoms with E-state index in [1.165, 1.54) is 9.80 Å². The highest BCUT2D eigenvalue weighted by molar-refractivity contribution is 5.86. The van der Waals surface area contributed by atoms with Crippen molar-refractivity contribution in [3.05, 3.63) is 48.3 Å². The Morgan fingerprint density at radius 2 is 1.96 bits per heavy atom. The van der Waals surface area contributed by atoms with E-state index in [1.54, 1.807) is 24.1 Å². The van der Waals surface area contributed by atoms with Crippen LogP contribution in [0.3, 0.4) is 0 Å². The molecule has 2 heterocycles. The van der Waals surface area contributed by atoms with E-state index in [0.29, 0.717) is 31.6 Å². The fourth-order valence-electron chi connectivity index (χ4n) is 2.94. The maximum Gasteiger partial charge on any atom is 0.414 e. The number of carbonyl (C=O) groups is 2. The summed E-state index contributed by atoms with van der Waals surface area (Å²) < 4.78 is 7.12. The van der Waals surface area contributed by atoms with E-state index >= 15 is 0 Å². The lowest BCUT2D eigenvalue weighted by Gasteiger charge is -2.30. The topological polar surface area (TPSA) is 87.9 Å². The highest BCUT2D eigenvalue weighted by Gasteiger charge is 2.24. The second-order valence-electron chi connectivity index (χ2n) is 6.28. The van der Waals surface area contributed by atoms with E-state index < -0.39 is 12.2 Å². The van der Waals surface area contributed by atoms with Gasteiger partial charge in [0.1, 0.15) is 6.61 Å². The van der Waals surface area contributed by atoms with Gasteiger partial charge in [0.15, 0.2) is 0 Å². The Labute approximate surface area is 151 Å². The van der Waals surface area contributed by atoms with Gasteiger partial charge in [-0.15, -0.1) is 0 Å². The highest BCUT2D eigenvalue weighted by atomic mass is 16.6. The third kappa shape index (κ3) is 4.14. The zero-order chi connectivity index (χ0) is 18.5. The molecule has 138 valence electrons. The van der Waals surface area contributed by atoms with Gasteiger partial charge in [-0.05, 0) is 18.4 Å². The molecule has 8 heteroatoms. The molecule has 0 bridgehead atoms. The van der Waals surface area contributed by atoms with Crippen LogP contribution < -0.4 is 4.90 Å². The van der Waals surface area contributed by atoms with Crippen molar-refractivity contribution < 1.29 is 19.4 Å². The molecule has 26 heavy (non-hydrogen) atoms. The first-order valence-electron chi connectivity index (χ1n) is 8.51. The van der Waals surface area contributed by atoms with Crippen molar-refractivity contribution in [2.45, 2.75) is 25.5 Å². The molecule has 1 aromatic heterocycles. The zero-order valence-corrected chi connectivity index (χ0v) is 14.6. The first-order chi connectivity index (χ1) is 12.5. The number of anilines is 1. The van der Waals surface area contributed by atoms with Crippen LogP contribution in [0.1, 0.15) is 24.4 Å². The quantitative estimate of drug-likeness (QED) is 0.908. The standard InChI is InChI=1S/C18H22N4O4/c1-20(18(25)26-13-14-5-3-2-4-6-14)16-11-19-22(12-16)15-7-9-21(10-8-15)17(23)24/h2-6,11-12,15H,7-10,13H2,1H3,(H,23,24). The number of ether oxygens (including phenoxy) is 1. The first-order valence-corrected chi connectivity index (χ1v) is 8.51. The van der Waals surface area contributed by atoms with Crippen LogP contribution in [0.15, 0.2) is 42.7 Å². The molecule has 1 fully saturated rings. The minimum atomic E-state index is -0.884. The van der Waals surface area contributed by atoms with Crippen LogP contribution in [0, 0.1) is 0 Å². The predicted octanol–water partition coefficient (Wildman–Crippen LogP) is 2.97. The Bertz CT molecular complexity index is 754. The average molecular weight is 358 g/mol. The summed E-state index contributed by atoms with van der Waals surface area (Å²) >= 11 is 0. The monoisotopic (exact) mass is 358 g/mol. The number of likely N-dealkylation sites (tertiary alicyclic amines) is 1. The van der Waals surface area contributed by atoms with Crippen LogP contribution in [0.5, 0.6) is 0 Å². The lowest BCUT2D eigenvalue weighted by molar-refractivity contribution is 0.124. The minimum Gasteiger partial charge on any atom is -0.465 e. The molecule has 0 radical (unpaired) electrons. The number of benzene rings is 1. The molecule has 1 N–H and O–H groups in total. The van der Waals surface area contributed by atoms with Crippen LogP contribution in [0.25, 0.3) is 0 Å². The summed E-state index contributed by atoms with van der Waals surface area (Å²) in [6.45, 7) is 1.19. The van der Waals surface area contributed by atoms with E-state index in [-0.39, 0.29) is 12.6 Å². The van der Waals surface area contributed by atoms with E-state index in [1.807, 2.05) is 30.3 Å². The number of rotatable bonds is 4. The summed E-state index contributed by atoms with van der Waals surface area (Å²) in [4.78, 5) is 26.0. The molecular weight excluding hydrogens is 336 g/mol. The van der Waals surface area contributed by atoms with Crippen molar-refractivity contribution in [3.8, 4) is 0 Å². The van der Waals surface area contributed by atoms with Crippen LogP contribution in [0.2, 0.25) is 0 Å². The van der Waals surface area contributed by atoms with Crippen LogP contribution in [-0.4, -0.2) is 52.1 Å². The third-order valence-corrected chi connectivity index (χ3v) is 4.56. The van der Waals surface area contributed by atoms with Gasteiger partial charge in [-0.3, -0.25) is 9.58 Å². The molecule has 1 aromatic carbocycles. The van der Waals surface area contributed by atoms with Crippen LogP contribution >= 0.6 is 0 Å². The van der Waals surface area contributed by atoms with Crippen LogP contribution in [0.4, 0.5) is 15.3 Å². The molecule has 1 aliphatic heterocycles.